The molecule has 1 aromatic heterocycles. The van der Waals surface area contributed by atoms with Crippen LogP contribution in [0, 0.1) is 11.3 Å². The summed E-state index contributed by atoms with van der Waals surface area (Å²) in [5, 5.41) is 11.7. The van der Waals surface area contributed by atoms with Crippen molar-refractivity contribution in [2.75, 3.05) is 26.7 Å². The van der Waals surface area contributed by atoms with E-state index < -0.39 is 0 Å². The molecular weight excluding hydrogens is 250 g/mol. The second kappa shape index (κ2) is 5.82. The molecule has 0 amide bonds. The van der Waals surface area contributed by atoms with E-state index in [0.29, 0.717) is 5.41 Å². The average molecular weight is 277 g/mol. The third-order valence-electron chi connectivity index (χ3n) is 5.16. The number of aromatic nitrogens is 3. The third kappa shape index (κ3) is 2.88. The molecule has 0 spiro atoms. The lowest BCUT2D eigenvalue weighted by Gasteiger charge is -2.43. The lowest BCUT2D eigenvalue weighted by Crippen LogP contribution is -2.47. The molecule has 0 radical (unpaired) electrons. The lowest BCUT2D eigenvalue weighted by atomic mass is 9.70. The molecule has 0 atom stereocenters. The van der Waals surface area contributed by atoms with E-state index in [1.165, 1.54) is 32.2 Å². The minimum atomic E-state index is 0.462. The van der Waals surface area contributed by atoms with Gasteiger partial charge >= 0.3 is 0 Å². The first-order chi connectivity index (χ1) is 9.71. The Bertz CT molecular complexity index is 433. The van der Waals surface area contributed by atoms with Gasteiger partial charge in [-0.3, -0.25) is 4.90 Å². The van der Waals surface area contributed by atoms with Gasteiger partial charge < -0.3 is 9.88 Å². The number of nitrogens with one attached hydrogen (secondary N) is 1. The van der Waals surface area contributed by atoms with E-state index in [2.05, 4.69) is 39.0 Å². The van der Waals surface area contributed by atoms with Crippen molar-refractivity contribution in [1.29, 1.82) is 0 Å². The monoisotopic (exact) mass is 277 g/mol. The molecule has 3 rings (SSSR count). The SMILES string of the molecule is CNCC1(CN2CCn3cnnc3C2)CCC(C)CC1. The van der Waals surface area contributed by atoms with E-state index in [0.717, 1.165) is 37.9 Å². The summed E-state index contributed by atoms with van der Waals surface area (Å²) < 4.78 is 2.18. The van der Waals surface area contributed by atoms with Crippen molar-refractivity contribution in [1.82, 2.24) is 25.0 Å². The fraction of sp³-hybridized carbons (Fsp3) is 0.867. The van der Waals surface area contributed by atoms with Gasteiger partial charge in [-0.2, -0.15) is 0 Å². The minimum absolute atomic E-state index is 0.462. The summed E-state index contributed by atoms with van der Waals surface area (Å²) in [6.45, 7) is 7.87. The van der Waals surface area contributed by atoms with Gasteiger partial charge in [0.1, 0.15) is 12.2 Å². The first kappa shape index (κ1) is 14.0. The van der Waals surface area contributed by atoms with Gasteiger partial charge in [-0.05, 0) is 31.2 Å². The van der Waals surface area contributed by atoms with Gasteiger partial charge in [0, 0.05) is 26.2 Å². The Morgan fingerprint density at radius 1 is 1.35 bits per heavy atom. The summed E-state index contributed by atoms with van der Waals surface area (Å²) >= 11 is 0. The molecule has 1 saturated carbocycles. The third-order valence-corrected chi connectivity index (χ3v) is 5.16. The highest BCUT2D eigenvalue weighted by Crippen LogP contribution is 2.39. The van der Waals surface area contributed by atoms with Crippen LogP contribution >= 0.6 is 0 Å². The first-order valence-electron chi connectivity index (χ1n) is 7.94. The van der Waals surface area contributed by atoms with Crippen LogP contribution in [-0.2, 0) is 13.1 Å². The van der Waals surface area contributed by atoms with Crippen molar-refractivity contribution in [2.24, 2.45) is 11.3 Å². The molecule has 2 heterocycles. The van der Waals surface area contributed by atoms with Crippen LogP contribution in [0.25, 0.3) is 0 Å². The highest BCUT2D eigenvalue weighted by Gasteiger charge is 2.36. The predicted octanol–water partition coefficient (Wildman–Crippen LogP) is 1.51. The van der Waals surface area contributed by atoms with Crippen LogP contribution in [0.1, 0.15) is 38.4 Å². The largest absolute Gasteiger partial charge is 0.319 e. The molecule has 0 aromatic carbocycles. The molecule has 0 unspecified atom stereocenters. The number of rotatable bonds is 4. The maximum absolute atomic E-state index is 4.24. The fourth-order valence-corrected chi connectivity index (χ4v) is 3.87. The standard InChI is InChI=1S/C15H27N5/c1-13-3-5-15(6-4-13,10-16-2)11-19-7-8-20-12-17-18-14(20)9-19/h12-13,16H,3-11H2,1-2H3. The van der Waals surface area contributed by atoms with Crippen LogP contribution in [-0.4, -0.2) is 46.3 Å². The van der Waals surface area contributed by atoms with E-state index in [-0.39, 0.29) is 0 Å². The quantitative estimate of drug-likeness (QED) is 0.906. The number of hydrogen-bond donors (Lipinski definition) is 1. The normalized spacial score (nSPS) is 31.2. The van der Waals surface area contributed by atoms with Crippen LogP contribution in [0.3, 0.4) is 0 Å². The van der Waals surface area contributed by atoms with Crippen molar-refractivity contribution in [3.05, 3.63) is 12.2 Å². The van der Waals surface area contributed by atoms with E-state index in [1.54, 1.807) is 0 Å². The Morgan fingerprint density at radius 2 is 2.15 bits per heavy atom. The summed E-state index contributed by atoms with van der Waals surface area (Å²) in [4.78, 5) is 2.58. The van der Waals surface area contributed by atoms with Gasteiger partial charge in [0.2, 0.25) is 0 Å². The van der Waals surface area contributed by atoms with Crippen molar-refractivity contribution >= 4 is 0 Å². The summed E-state index contributed by atoms with van der Waals surface area (Å²) in [5.41, 5.74) is 0.462. The molecule has 5 nitrogen and oxygen atoms in total. The predicted molar refractivity (Wildman–Crippen MR) is 79.3 cm³/mol. The zero-order valence-corrected chi connectivity index (χ0v) is 12.8. The molecule has 5 heteroatoms. The average Bonchev–Trinajstić information content (AvgIpc) is 2.90. The molecule has 112 valence electrons. The van der Waals surface area contributed by atoms with Gasteiger partial charge in [0.15, 0.2) is 0 Å². The molecule has 2 aliphatic rings. The van der Waals surface area contributed by atoms with E-state index in [1.807, 2.05) is 6.33 Å². The van der Waals surface area contributed by atoms with Crippen molar-refractivity contribution < 1.29 is 0 Å². The summed E-state index contributed by atoms with van der Waals surface area (Å²) in [5.74, 6) is 2.03. The molecule has 1 N–H and O–H groups in total. The second-order valence-corrected chi connectivity index (χ2v) is 6.86. The summed E-state index contributed by atoms with van der Waals surface area (Å²) in [7, 11) is 2.09. The summed E-state index contributed by atoms with van der Waals surface area (Å²) in [6, 6.07) is 0. The summed E-state index contributed by atoms with van der Waals surface area (Å²) in [6.07, 6.45) is 7.34. The highest BCUT2D eigenvalue weighted by atomic mass is 15.3. The Balaban J connectivity index is 1.65. The number of hydrogen-bond acceptors (Lipinski definition) is 4. The number of nitrogens with zero attached hydrogens (tertiary/aromatic N) is 4. The van der Waals surface area contributed by atoms with Crippen LogP contribution in [0.4, 0.5) is 0 Å². The van der Waals surface area contributed by atoms with Gasteiger partial charge in [-0.25, -0.2) is 0 Å². The molecule has 1 aliphatic heterocycles. The Kier molecular flexibility index (Phi) is 4.08. The van der Waals surface area contributed by atoms with Crippen LogP contribution < -0.4 is 5.32 Å². The molecule has 0 saturated heterocycles. The van der Waals surface area contributed by atoms with Crippen LogP contribution in [0.15, 0.2) is 6.33 Å². The Labute approximate surface area is 121 Å². The lowest BCUT2D eigenvalue weighted by molar-refractivity contribution is 0.0729. The smallest absolute Gasteiger partial charge is 0.147 e. The molecule has 1 aromatic rings. The zero-order chi connectivity index (χ0) is 14.0. The first-order valence-corrected chi connectivity index (χ1v) is 7.94. The molecule has 1 fully saturated rings. The van der Waals surface area contributed by atoms with E-state index in [4.69, 9.17) is 0 Å². The van der Waals surface area contributed by atoms with Gasteiger partial charge in [-0.1, -0.05) is 19.8 Å². The highest BCUT2D eigenvalue weighted by molar-refractivity contribution is 4.94. The zero-order valence-electron chi connectivity index (χ0n) is 12.8. The van der Waals surface area contributed by atoms with Crippen LogP contribution in [0.2, 0.25) is 0 Å². The Hall–Kier alpha value is -0.940. The van der Waals surface area contributed by atoms with E-state index in [9.17, 15) is 0 Å². The van der Waals surface area contributed by atoms with Gasteiger partial charge in [0.25, 0.3) is 0 Å². The second-order valence-electron chi connectivity index (χ2n) is 6.86. The van der Waals surface area contributed by atoms with Crippen LogP contribution in [0.5, 0.6) is 0 Å². The van der Waals surface area contributed by atoms with Crippen molar-refractivity contribution in [2.45, 2.75) is 45.7 Å². The maximum Gasteiger partial charge on any atom is 0.147 e. The Morgan fingerprint density at radius 3 is 2.90 bits per heavy atom. The fourth-order valence-electron chi connectivity index (χ4n) is 3.87. The maximum atomic E-state index is 4.24. The van der Waals surface area contributed by atoms with Crippen molar-refractivity contribution in [3.8, 4) is 0 Å². The van der Waals surface area contributed by atoms with Gasteiger partial charge in [0.05, 0.1) is 6.54 Å². The molecule has 20 heavy (non-hydrogen) atoms. The minimum Gasteiger partial charge on any atom is -0.319 e. The van der Waals surface area contributed by atoms with Crippen molar-refractivity contribution in [3.63, 3.8) is 0 Å². The molecule has 1 aliphatic carbocycles. The van der Waals surface area contributed by atoms with E-state index >= 15 is 0 Å². The molecule has 0 bridgehead atoms. The van der Waals surface area contributed by atoms with Gasteiger partial charge in [-0.15, -0.1) is 10.2 Å². The number of fused-ring (bicyclic) bond motifs is 1. The molecular formula is C15H27N5. The topological polar surface area (TPSA) is 46.0 Å².